The van der Waals surface area contributed by atoms with Gasteiger partial charge in [0, 0.05) is 0 Å². The van der Waals surface area contributed by atoms with Crippen molar-refractivity contribution in [3.05, 3.63) is 47.8 Å². The average Bonchev–Trinajstić information content (AvgIpc) is 3.59. The van der Waals surface area contributed by atoms with Crippen molar-refractivity contribution in [2.45, 2.75) is 43.7 Å². The van der Waals surface area contributed by atoms with E-state index in [0.29, 0.717) is 18.5 Å². The Bertz CT molecular complexity index is 1170. The van der Waals surface area contributed by atoms with Crippen molar-refractivity contribution in [2.24, 2.45) is 0 Å². The highest BCUT2D eigenvalue weighted by Gasteiger charge is 2.51. The van der Waals surface area contributed by atoms with E-state index in [2.05, 4.69) is 15.6 Å². The number of aliphatic carboxylic acids is 1. The van der Waals surface area contributed by atoms with Crippen LogP contribution in [0.15, 0.2) is 36.5 Å². The zero-order chi connectivity index (χ0) is 28.9. The third-order valence-corrected chi connectivity index (χ3v) is 5.04. The number of hydrogen-bond donors (Lipinski definition) is 4. The highest BCUT2D eigenvalue weighted by atomic mass is 19.4. The predicted octanol–water partition coefficient (Wildman–Crippen LogP) is 4.51. The number of pyridine rings is 1. The lowest BCUT2D eigenvalue weighted by Crippen LogP contribution is -2.49. The number of ether oxygens (including phenoxy) is 2. The summed E-state index contributed by atoms with van der Waals surface area (Å²) in [5, 5.41) is 20.9. The van der Waals surface area contributed by atoms with Crippen LogP contribution in [0.3, 0.4) is 0 Å². The number of rotatable bonds is 7. The number of nitrogens with zero attached hydrogens (tertiary/aromatic N) is 1. The van der Waals surface area contributed by atoms with E-state index >= 15 is 0 Å². The fraction of sp³-hybridized carbons (Fsp3) is 0.364. The Kier molecular flexibility index (Phi) is 9.02. The first-order valence-electron chi connectivity index (χ1n) is 10.5. The molecule has 10 nitrogen and oxygen atoms in total. The van der Waals surface area contributed by atoms with E-state index in [0.717, 1.165) is 12.1 Å². The number of aromatic nitrogens is 1. The minimum Gasteiger partial charge on any atom is -0.497 e. The Labute approximate surface area is 210 Å². The van der Waals surface area contributed by atoms with Crippen LogP contribution in [0.5, 0.6) is 17.2 Å². The number of carboxylic acid groups (broad SMARTS) is 2. The summed E-state index contributed by atoms with van der Waals surface area (Å²) in [6, 6.07) is 5.72. The average molecular weight is 553 g/mol. The van der Waals surface area contributed by atoms with Gasteiger partial charge in [-0.2, -0.15) is 26.3 Å². The summed E-state index contributed by atoms with van der Waals surface area (Å²) in [6.07, 6.45) is -8.95. The Morgan fingerprint density at radius 1 is 1.03 bits per heavy atom. The summed E-state index contributed by atoms with van der Waals surface area (Å²) in [5.41, 5.74) is -1.68. The summed E-state index contributed by atoms with van der Waals surface area (Å²) in [5.74, 6) is -3.50. The van der Waals surface area contributed by atoms with Crippen molar-refractivity contribution >= 4 is 18.0 Å². The van der Waals surface area contributed by atoms with Gasteiger partial charge in [0.25, 0.3) is 0 Å². The van der Waals surface area contributed by atoms with Gasteiger partial charge in [-0.1, -0.05) is 0 Å². The molecular weight excluding hydrogens is 532 g/mol. The molecule has 0 bridgehead atoms. The summed E-state index contributed by atoms with van der Waals surface area (Å²) >= 11 is 0. The summed E-state index contributed by atoms with van der Waals surface area (Å²) < 4.78 is 81.9. The Hall–Kier alpha value is -4.24. The Balaban J connectivity index is 0.000000638. The van der Waals surface area contributed by atoms with E-state index in [-0.39, 0.29) is 11.5 Å². The number of benzene rings is 1. The van der Waals surface area contributed by atoms with E-state index in [1.165, 1.54) is 31.5 Å². The number of halogens is 6. The van der Waals surface area contributed by atoms with E-state index in [9.17, 15) is 35.9 Å². The molecule has 0 saturated heterocycles. The minimum absolute atomic E-state index is 0.0449. The number of carboxylic acids is 1. The maximum atomic E-state index is 13.3. The van der Waals surface area contributed by atoms with E-state index in [1.807, 2.05) is 0 Å². The quantitative estimate of drug-likeness (QED) is 0.366. The number of hydrogen-bond acceptors (Lipinski definition) is 6. The molecule has 16 heteroatoms. The van der Waals surface area contributed by atoms with Gasteiger partial charge in [-0.25, -0.2) is 9.59 Å². The second kappa shape index (κ2) is 11.4. The molecule has 0 radical (unpaired) electrons. The first-order chi connectivity index (χ1) is 17.5. The zero-order valence-corrected chi connectivity index (χ0v) is 19.6. The SMILES string of the molecule is COc1ccc(Oc2ccc(C(C)NC(=O)C3(NC(=O)O)CC3)nc2)c(C(F)(F)F)c1.O=C(O)C(F)(F)F. The first-order valence-corrected chi connectivity index (χ1v) is 10.5. The molecule has 2 aromatic rings. The van der Waals surface area contributed by atoms with Gasteiger partial charge in [0.1, 0.15) is 28.4 Å². The number of carbonyl (C=O) groups is 3. The first kappa shape index (κ1) is 30.0. The summed E-state index contributed by atoms with van der Waals surface area (Å²) in [6.45, 7) is 1.66. The normalized spacial score (nSPS) is 14.7. The van der Waals surface area contributed by atoms with E-state index in [4.69, 9.17) is 24.5 Å². The Morgan fingerprint density at radius 3 is 2.03 bits per heavy atom. The van der Waals surface area contributed by atoms with Gasteiger partial charge in [0.2, 0.25) is 5.91 Å². The van der Waals surface area contributed by atoms with Gasteiger partial charge in [-0.15, -0.1) is 0 Å². The molecule has 0 aliphatic heterocycles. The van der Waals surface area contributed by atoms with Gasteiger partial charge in [0.05, 0.1) is 25.0 Å². The van der Waals surface area contributed by atoms with Crippen LogP contribution in [0.4, 0.5) is 31.1 Å². The van der Waals surface area contributed by atoms with Crippen LogP contribution < -0.4 is 20.1 Å². The fourth-order valence-corrected chi connectivity index (χ4v) is 2.93. The number of nitrogens with one attached hydrogen (secondary N) is 2. The van der Waals surface area contributed by atoms with Crippen LogP contribution in [0.25, 0.3) is 0 Å². The largest absolute Gasteiger partial charge is 0.497 e. The molecule has 1 fully saturated rings. The van der Waals surface area contributed by atoms with Crippen LogP contribution >= 0.6 is 0 Å². The molecule has 208 valence electrons. The standard InChI is InChI=1S/C20H20F3N3O5.C2HF3O2/c1-11(25-17(27)19(7-8-19)26-18(28)29)15-5-3-13(10-24-15)31-16-6-4-12(30-2)9-14(16)20(21,22)23;3-2(4,5)1(6)7/h3-6,9-11,26H,7-8H2,1-2H3,(H,25,27)(H,28,29);(H,6,7). The lowest BCUT2D eigenvalue weighted by Gasteiger charge is -2.19. The van der Waals surface area contributed by atoms with Crippen LogP contribution in [-0.4, -0.2) is 52.0 Å². The summed E-state index contributed by atoms with van der Waals surface area (Å²) in [7, 11) is 1.27. The third kappa shape index (κ3) is 8.14. The third-order valence-electron chi connectivity index (χ3n) is 5.04. The molecule has 1 aliphatic carbocycles. The van der Waals surface area contributed by atoms with Crippen LogP contribution in [0.1, 0.15) is 37.1 Å². The van der Waals surface area contributed by atoms with E-state index < -0.39 is 53.2 Å². The number of alkyl halides is 6. The van der Waals surface area contributed by atoms with Crippen LogP contribution in [0.2, 0.25) is 0 Å². The molecular formula is C22H21F6N3O7. The maximum absolute atomic E-state index is 13.3. The van der Waals surface area contributed by atoms with Gasteiger partial charge in [-0.3, -0.25) is 9.78 Å². The molecule has 4 N–H and O–H groups in total. The number of carbonyl (C=O) groups excluding carboxylic acids is 1. The van der Waals surface area contributed by atoms with E-state index in [1.54, 1.807) is 6.92 Å². The second-order valence-electron chi connectivity index (χ2n) is 7.89. The predicted molar refractivity (Wildman–Crippen MR) is 116 cm³/mol. The monoisotopic (exact) mass is 553 g/mol. The highest BCUT2D eigenvalue weighted by Crippen LogP contribution is 2.40. The lowest BCUT2D eigenvalue weighted by molar-refractivity contribution is -0.192. The minimum atomic E-state index is -5.08. The maximum Gasteiger partial charge on any atom is 0.490 e. The van der Waals surface area contributed by atoms with Crippen molar-refractivity contribution in [1.82, 2.24) is 15.6 Å². The second-order valence-corrected chi connectivity index (χ2v) is 7.89. The summed E-state index contributed by atoms with van der Waals surface area (Å²) in [4.78, 5) is 36.2. The molecule has 1 aromatic heterocycles. The molecule has 3 rings (SSSR count). The molecule has 1 heterocycles. The van der Waals surface area contributed by atoms with Crippen molar-refractivity contribution in [2.75, 3.05) is 7.11 Å². The smallest absolute Gasteiger partial charge is 0.490 e. The van der Waals surface area contributed by atoms with Gasteiger partial charge in [0.15, 0.2) is 0 Å². The molecule has 1 saturated carbocycles. The van der Waals surface area contributed by atoms with Crippen molar-refractivity contribution in [3.63, 3.8) is 0 Å². The van der Waals surface area contributed by atoms with Gasteiger partial charge < -0.3 is 30.3 Å². The van der Waals surface area contributed by atoms with Gasteiger partial charge in [-0.05, 0) is 50.1 Å². The molecule has 1 atom stereocenters. The van der Waals surface area contributed by atoms with Gasteiger partial charge >= 0.3 is 24.4 Å². The number of amides is 2. The highest BCUT2D eigenvalue weighted by molar-refractivity contribution is 5.92. The molecule has 1 unspecified atom stereocenters. The topological polar surface area (TPSA) is 147 Å². The number of methoxy groups -OCH3 is 1. The lowest BCUT2D eigenvalue weighted by atomic mass is 10.1. The molecule has 1 aromatic carbocycles. The van der Waals surface area contributed by atoms with Crippen molar-refractivity contribution in [1.29, 1.82) is 0 Å². The zero-order valence-electron chi connectivity index (χ0n) is 19.6. The molecule has 0 spiro atoms. The van der Waals surface area contributed by atoms with Crippen LogP contribution in [0, 0.1) is 0 Å². The van der Waals surface area contributed by atoms with Crippen molar-refractivity contribution in [3.8, 4) is 17.2 Å². The van der Waals surface area contributed by atoms with Crippen LogP contribution in [-0.2, 0) is 15.8 Å². The molecule has 1 aliphatic rings. The van der Waals surface area contributed by atoms with Crippen molar-refractivity contribution < 1.29 is 60.4 Å². The molecule has 38 heavy (non-hydrogen) atoms. The Morgan fingerprint density at radius 2 is 1.61 bits per heavy atom. The molecule has 2 amide bonds. The fourth-order valence-electron chi connectivity index (χ4n) is 2.93.